The average molecular weight is 322 g/mol. The van der Waals surface area contributed by atoms with Crippen LogP contribution in [0.1, 0.15) is 26.3 Å². The van der Waals surface area contributed by atoms with Gasteiger partial charge in [-0.1, -0.05) is 30.3 Å². The van der Waals surface area contributed by atoms with Crippen molar-refractivity contribution in [1.82, 2.24) is 9.80 Å². The van der Waals surface area contributed by atoms with Gasteiger partial charge in [0.15, 0.2) is 0 Å². The largest absolute Gasteiger partial charge is 0.444 e. The van der Waals surface area contributed by atoms with E-state index in [0.29, 0.717) is 6.54 Å². The number of amides is 1. The average Bonchev–Trinajstić information content (AvgIpc) is 2.45. The Balaban J connectivity index is 2.48. The molecule has 0 spiro atoms. The summed E-state index contributed by atoms with van der Waals surface area (Å²) in [5.41, 5.74) is 0.767. The van der Waals surface area contributed by atoms with Crippen molar-refractivity contribution in [2.45, 2.75) is 39.0 Å². The van der Waals surface area contributed by atoms with Gasteiger partial charge in [-0.15, -0.1) is 0 Å². The SMILES string of the molecule is COC(CN(C)Cc1ccccc1)CN(C)C(=O)OC(C)(C)C. The van der Waals surface area contributed by atoms with E-state index in [4.69, 9.17) is 9.47 Å². The molecule has 5 nitrogen and oxygen atoms in total. The minimum absolute atomic E-state index is 0.0683. The van der Waals surface area contributed by atoms with Gasteiger partial charge < -0.3 is 14.4 Å². The van der Waals surface area contributed by atoms with E-state index in [0.717, 1.165) is 13.1 Å². The third-order valence-corrected chi connectivity index (χ3v) is 3.33. The third kappa shape index (κ3) is 8.00. The summed E-state index contributed by atoms with van der Waals surface area (Å²) in [7, 11) is 5.45. The predicted molar refractivity (Wildman–Crippen MR) is 92.4 cm³/mol. The van der Waals surface area contributed by atoms with E-state index >= 15 is 0 Å². The number of carbonyl (C=O) groups is 1. The first-order valence-electron chi connectivity index (χ1n) is 7.90. The lowest BCUT2D eigenvalue weighted by Gasteiger charge is -2.29. The molecule has 0 heterocycles. The molecule has 0 N–H and O–H groups in total. The summed E-state index contributed by atoms with van der Waals surface area (Å²) in [5.74, 6) is 0. The lowest BCUT2D eigenvalue weighted by atomic mass is 10.2. The molecule has 0 aliphatic heterocycles. The zero-order valence-corrected chi connectivity index (χ0v) is 15.2. The van der Waals surface area contributed by atoms with Gasteiger partial charge in [-0.25, -0.2) is 4.79 Å². The fourth-order valence-corrected chi connectivity index (χ4v) is 2.23. The van der Waals surface area contributed by atoms with E-state index in [-0.39, 0.29) is 12.2 Å². The monoisotopic (exact) mass is 322 g/mol. The topological polar surface area (TPSA) is 42.0 Å². The molecule has 0 aliphatic carbocycles. The molecule has 23 heavy (non-hydrogen) atoms. The van der Waals surface area contributed by atoms with Crippen LogP contribution in [0.4, 0.5) is 4.79 Å². The van der Waals surface area contributed by atoms with Gasteiger partial charge in [0.2, 0.25) is 0 Å². The van der Waals surface area contributed by atoms with Crippen molar-refractivity contribution in [2.24, 2.45) is 0 Å². The number of benzene rings is 1. The summed E-state index contributed by atoms with van der Waals surface area (Å²) >= 11 is 0. The van der Waals surface area contributed by atoms with Crippen LogP contribution in [0.5, 0.6) is 0 Å². The van der Waals surface area contributed by atoms with Crippen molar-refractivity contribution in [3.05, 3.63) is 35.9 Å². The van der Waals surface area contributed by atoms with Crippen LogP contribution in [0, 0.1) is 0 Å². The Hall–Kier alpha value is -1.59. The molecule has 0 radical (unpaired) electrons. The van der Waals surface area contributed by atoms with E-state index in [1.807, 2.05) is 46.0 Å². The van der Waals surface area contributed by atoms with Gasteiger partial charge in [-0.3, -0.25) is 4.90 Å². The zero-order chi connectivity index (χ0) is 17.5. The van der Waals surface area contributed by atoms with Crippen molar-refractivity contribution >= 4 is 6.09 Å². The first kappa shape index (κ1) is 19.5. The highest BCUT2D eigenvalue weighted by molar-refractivity contribution is 5.67. The second kappa shape index (κ2) is 8.89. The summed E-state index contributed by atoms with van der Waals surface area (Å²) < 4.78 is 10.9. The van der Waals surface area contributed by atoms with E-state index in [9.17, 15) is 4.79 Å². The van der Waals surface area contributed by atoms with Gasteiger partial charge in [0, 0.05) is 27.2 Å². The van der Waals surface area contributed by atoms with E-state index in [1.54, 1.807) is 19.1 Å². The molecule has 0 bridgehead atoms. The molecule has 1 amide bonds. The van der Waals surface area contributed by atoms with Crippen LogP contribution >= 0.6 is 0 Å². The van der Waals surface area contributed by atoms with Gasteiger partial charge in [0.1, 0.15) is 5.60 Å². The molecule has 1 aromatic rings. The molecule has 1 rings (SSSR count). The van der Waals surface area contributed by atoms with Gasteiger partial charge >= 0.3 is 6.09 Å². The van der Waals surface area contributed by atoms with Crippen LogP contribution in [0.15, 0.2) is 30.3 Å². The summed E-state index contributed by atoms with van der Waals surface area (Å²) in [5, 5.41) is 0. The van der Waals surface area contributed by atoms with E-state index < -0.39 is 5.60 Å². The van der Waals surface area contributed by atoms with Crippen molar-refractivity contribution in [3.8, 4) is 0 Å². The van der Waals surface area contributed by atoms with E-state index in [1.165, 1.54) is 5.56 Å². The van der Waals surface area contributed by atoms with Crippen LogP contribution in [-0.4, -0.2) is 61.9 Å². The molecule has 1 atom stereocenters. The smallest absolute Gasteiger partial charge is 0.410 e. The van der Waals surface area contributed by atoms with Crippen LogP contribution in [0.2, 0.25) is 0 Å². The quantitative estimate of drug-likeness (QED) is 0.774. The highest BCUT2D eigenvalue weighted by Gasteiger charge is 2.22. The second-order valence-electron chi connectivity index (χ2n) is 6.90. The van der Waals surface area contributed by atoms with Gasteiger partial charge in [-0.2, -0.15) is 0 Å². The Labute approximate surface area is 140 Å². The Morgan fingerprint density at radius 2 is 1.74 bits per heavy atom. The molecule has 1 unspecified atom stereocenters. The van der Waals surface area contributed by atoms with Crippen molar-refractivity contribution in [3.63, 3.8) is 0 Å². The summed E-state index contributed by atoms with van der Waals surface area (Å²) in [6, 6.07) is 10.3. The molecule has 0 saturated heterocycles. The van der Waals surface area contributed by atoms with Gasteiger partial charge in [-0.05, 0) is 33.4 Å². The first-order chi connectivity index (χ1) is 10.7. The molecule has 130 valence electrons. The van der Waals surface area contributed by atoms with Gasteiger partial charge in [0.25, 0.3) is 0 Å². The van der Waals surface area contributed by atoms with Crippen LogP contribution < -0.4 is 0 Å². The number of carbonyl (C=O) groups excluding carboxylic acids is 1. The standard InChI is InChI=1S/C18H30N2O3/c1-18(2,3)23-17(21)20(5)14-16(22-6)13-19(4)12-15-10-8-7-9-11-15/h7-11,16H,12-14H2,1-6H3. The van der Waals surface area contributed by atoms with Crippen molar-refractivity contribution in [2.75, 3.05) is 34.3 Å². The fourth-order valence-electron chi connectivity index (χ4n) is 2.23. The zero-order valence-electron chi connectivity index (χ0n) is 15.2. The summed E-state index contributed by atoms with van der Waals surface area (Å²) in [4.78, 5) is 15.8. The Kier molecular flexibility index (Phi) is 7.52. The van der Waals surface area contributed by atoms with Crippen molar-refractivity contribution in [1.29, 1.82) is 0 Å². The lowest BCUT2D eigenvalue weighted by molar-refractivity contribution is 0.00831. The molecule has 0 aliphatic rings. The third-order valence-electron chi connectivity index (χ3n) is 3.33. The number of nitrogens with zero attached hydrogens (tertiary/aromatic N) is 2. The second-order valence-corrected chi connectivity index (χ2v) is 6.90. The Morgan fingerprint density at radius 3 is 2.26 bits per heavy atom. The molecular formula is C18H30N2O3. The molecular weight excluding hydrogens is 292 g/mol. The normalized spacial score (nSPS) is 13.0. The number of ether oxygens (including phenoxy) is 2. The highest BCUT2D eigenvalue weighted by Crippen LogP contribution is 2.10. The lowest BCUT2D eigenvalue weighted by Crippen LogP contribution is -2.42. The number of likely N-dealkylation sites (N-methyl/N-ethyl adjacent to an activating group) is 2. The first-order valence-corrected chi connectivity index (χ1v) is 7.90. The highest BCUT2D eigenvalue weighted by atomic mass is 16.6. The minimum atomic E-state index is -0.488. The number of methoxy groups -OCH3 is 1. The van der Waals surface area contributed by atoms with Gasteiger partial charge in [0.05, 0.1) is 12.6 Å². The fraction of sp³-hybridized carbons (Fsp3) is 0.611. The molecule has 1 aromatic carbocycles. The number of hydrogen-bond acceptors (Lipinski definition) is 4. The van der Waals surface area contributed by atoms with Crippen LogP contribution in [0.3, 0.4) is 0 Å². The number of hydrogen-bond donors (Lipinski definition) is 0. The Bertz CT molecular complexity index is 471. The number of rotatable bonds is 7. The minimum Gasteiger partial charge on any atom is -0.444 e. The summed E-state index contributed by atoms with van der Waals surface area (Å²) in [6.45, 7) is 7.65. The molecule has 0 aromatic heterocycles. The van der Waals surface area contributed by atoms with E-state index in [2.05, 4.69) is 17.0 Å². The van der Waals surface area contributed by atoms with Crippen LogP contribution in [-0.2, 0) is 16.0 Å². The molecule has 0 fully saturated rings. The Morgan fingerprint density at radius 1 is 1.13 bits per heavy atom. The maximum atomic E-state index is 12.0. The van der Waals surface area contributed by atoms with Crippen LogP contribution in [0.25, 0.3) is 0 Å². The summed E-state index contributed by atoms with van der Waals surface area (Å²) in [6.07, 6.45) is -0.397. The molecule has 5 heteroatoms. The molecule has 0 saturated carbocycles. The van der Waals surface area contributed by atoms with Crippen molar-refractivity contribution < 1.29 is 14.3 Å². The maximum absolute atomic E-state index is 12.0. The maximum Gasteiger partial charge on any atom is 0.410 e. The predicted octanol–water partition coefficient (Wildman–Crippen LogP) is 3.00.